The Morgan fingerprint density at radius 2 is 1.73 bits per heavy atom. The maximum absolute atomic E-state index is 6.75. The lowest BCUT2D eigenvalue weighted by Gasteiger charge is -2.62. The number of hydrogen-bond acceptors (Lipinski definition) is 5. The van der Waals surface area contributed by atoms with Crippen molar-refractivity contribution in [2.75, 3.05) is 27.1 Å². The number of nitrogens with one attached hydrogen (secondary N) is 1. The minimum Gasteiger partial charge on any atom is -0.373 e. The zero-order chi connectivity index (χ0) is 28.5. The Kier molecular flexibility index (Phi) is 5.79. The highest BCUT2D eigenvalue weighted by molar-refractivity contribution is 5.46. The normalized spacial score (nSPS) is 45.1. The third kappa shape index (κ3) is 3.71. The summed E-state index contributed by atoms with van der Waals surface area (Å²) in [4.78, 5) is 0. The molecule has 0 bridgehead atoms. The molecule has 0 radical (unpaired) electrons. The lowest BCUT2D eigenvalue weighted by molar-refractivity contribution is -0.327. The highest BCUT2D eigenvalue weighted by Crippen LogP contribution is 2.70. The van der Waals surface area contributed by atoms with Crippen molar-refractivity contribution < 1.29 is 18.9 Å². The van der Waals surface area contributed by atoms with Crippen LogP contribution in [0.3, 0.4) is 0 Å². The molecule has 5 aliphatic carbocycles. The average Bonchev–Trinajstić information content (AvgIpc) is 3.60. The largest absolute Gasteiger partial charge is 0.373 e. The van der Waals surface area contributed by atoms with Crippen LogP contribution >= 0.6 is 0 Å². The molecule has 224 valence electrons. The molecule has 2 spiro atoms. The molecule has 0 aromatic heterocycles. The summed E-state index contributed by atoms with van der Waals surface area (Å²) in [6.45, 7) is 14.1. The van der Waals surface area contributed by atoms with Gasteiger partial charge in [0.1, 0.15) is 12.5 Å². The van der Waals surface area contributed by atoms with Crippen molar-refractivity contribution in [3.05, 3.63) is 46.5 Å². The van der Waals surface area contributed by atoms with Gasteiger partial charge in [-0.15, -0.1) is 0 Å². The Labute approximate surface area is 247 Å². The molecule has 4 unspecified atom stereocenters. The zero-order valence-electron chi connectivity index (χ0n) is 26.2. The molecule has 1 aromatic carbocycles. The van der Waals surface area contributed by atoms with E-state index in [1.807, 2.05) is 7.11 Å². The molecule has 8 rings (SSSR count). The van der Waals surface area contributed by atoms with E-state index in [4.69, 9.17) is 18.9 Å². The highest BCUT2D eigenvalue weighted by atomic mass is 16.7. The van der Waals surface area contributed by atoms with E-state index >= 15 is 0 Å². The summed E-state index contributed by atoms with van der Waals surface area (Å²) < 4.78 is 26.5. The van der Waals surface area contributed by atoms with Gasteiger partial charge in [-0.3, -0.25) is 5.32 Å². The molecule has 2 saturated heterocycles. The van der Waals surface area contributed by atoms with Crippen molar-refractivity contribution in [3.63, 3.8) is 0 Å². The van der Waals surface area contributed by atoms with Gasteiger partial charge in [0.25, 0.3) is 0 Å². The van der Waals surface area contributed by atoms with E-state index in [0.29, 0.717) is 35.8 Å². The first-order chi connectivity index (χ1) is 19.5. The quantitative estimate of drug-likeness (QED) is 0.395. The number of ether oxygens (including phenoxy) is 4. The summed E-state index contributed by atoms with van der Waals surface area (Å²) in [7, 11) is 1.95. The van der Waals surface area contributed by atoms with Crippen LogP contribution < -0.4 is 5.32 Å². The van der Waals surface area contributed by atoms with E-state index < -0.39 is 5.79 Å². The maximum atomic E-state index is 6.75. The molecule has 41 heavy (non-hydrogen) atoms. The SMILES string of the molecule is CO[C@]12CC3(CCC1=C1C(CC2C)C2CCC4(NCO4)[C@@]2(C)C[C@@H]1c1cccc(C2(C)CC2)c1)OCC(C)(C)CO3. The van der Waals surface area contributed by atoms with Gasteiger partial charge in [0.15, 0.2) is 5.79 Å². The summed E-state index contributed by atoms with van der Waals surface area (Å²) in [5.41, 5.74) is 6.39. The molecular formula is C36H51NO4. The molecule has 6 fully saturated rings. The number of benzene rings is 1. The predicted octanol–water partition coefficient (Wildman–Crippen LogP) is 7.21. The topological polar surface area (TPSA) is 49.0 Å². The fourth-order valence-electron chi connectivity index (χ4n) is 10.6. The monoisotopic (exact) mass is 561 g/mol. The number of methoxy groups -OCH3 is 1. The van der Waals surface area contributed by atoms with Crippen molar-refractivity contribution >= 4 is 0 Å². The second-order valence-corrected chi connectivity index (χ2v) is 16.4. The van der Waals surface area contributed by atoms with Crippen LogP contribution in [0.1, 0.15) is 109 Å². The minimum absolute atomic E-state index is 0.0612. The first kappa shape index (κ1) is 27.3. The Morgan fingerprint density at radius 1 is 0.976 bits per heavy atom. The van der Waals surface area contributed by atoms with Crippen molar-refractivity contribution in [1.82, 2.24) is 5.32 Å². The van der Waals surface area contributed by atoms with Crippen LogP contribution in [-0.4, -0.2) is 44.2 Å². The second kappa shape index (κ2) is 8.69. The van der Waals surface area contributed by atoms with Gasteiger partial charge in [0.05, 0.1) is 18.8 Å². The lowest BCUT2D eigenvalue weighted by atomic mass is 9.48. The summed E-state index contributed by atoms with van der Waals surface area (Å²) in [5, 5.41) is 3.81. The molecule has 7 atom stereocenters. The number of hydrogen-bond donors (Lipinski definition) is 1. The summed E-state index contributed by atoms with van der Waals surface area (Å²) >= 11 is 0. The maximum Gasteiger partial charge on any atom is 0.171 e. The first-order valence-electron chi connectivity index (χ1n) is 16.5. The summed E-state index contributed by atoms with van der Waals surface area (Å²) in [5.74, 6) is 1.47. The molecule has 5 heteroatoms. The number of fused-ring (bicyclic) bond motifs is 5. The fourth-order valence-corrected chi connectivity index (χ4v) is 10.6. The van der Waals surface area contributed by atoms with Gasteiger partial charge in [0, 0.05) is 36.7 Å². The molecular weight excluding hydrogens is 510 g/mol. The van der Waals surface area contributed by atoms with Crippen LogP contribution in [0.25, 0.3) is 0 Å². The van der Waals surface area contributed by atoms with Gasteiger partial charge in [0.2, 0.25) is 0 Å². The van der Waals surface area contributed by atoms with Gasteiger partial charge in [-0.05, 0) is 84.8 Å². The number of allylic oxidation sites excluding steroid dienone is 1. The first-order valence-corrected chi connectivity index (χ1v) is 16.5. The molecule has 2 heterocycles. The van der Waals surface area contributed by atoms with Gasteiger partial charge in [-0.25, -0.2) is 0 Å². The summed E-state index contributed by atoms with van der Waals surface area (Å²) in [6.07, 6.45) is 10.0. The van der Waals surface area contributed by atoms with Gasteiger partial charge < -0.3 is 18.9 Å². The van der Waals surface area contributed by atoms with Crippen LogP contribution in [0.4, 0.5) is 0 Å². The van der Waals surface area contributed by atoms with Gasteiger partial charge in [-0.1, -0.05) is 64.5 Å². The van der Waals surface area contributed by atoms with E-state index in [0.717, 1.165) is 45.3 Å². The second-order valence-electron chi connectivity index (χ2n) is 16.4. The fraction of sp³-hybridized carbons (Fsp3) is 0.778. The molecule has 5 nitrogen and oxygen atoms in total. The predicted molar refractivity (Wildman–Crippen MR) is 159 cm³/mol. The Balaban J connectivity index is 1.26. The smallest absolute Gasteiger partial charge is 0.171 e. The summed E-state index contributed by atoms with van der Waals surface area (Å²) in [6, 6.07) is 9.71. The van der Waals surface area contributed by atoms with Crippen molar-refractivity contribution in [3.8, 4) is 0 Å². The Bertz CT molecular complexity index is 1270. The lowest BCUT2D eigenvalue weighted by Crippen LogP contribution is -2.68. The molecule has 1 aromatic rings. The van der Waals surface area contributed by atoms with Crippen LogP contribution in [0.2, 0.25) is 0 Å². The third-order valence-corrected chi connectivity index (χ3v) is 13.5. The minimum atomic E-state index is -0.531. The Hall–Kier alpha value is -1.24. The Morgan fingerprint density at radius 3 is 2.39 bits per heavy atom. The average molecular weight is 562 g/mol. The highest BCUT2D eigenvalue weighted by Gasteiger charge is 2.68. The van der Waals surface area contributed by atoms with Gasteiger partial charge in [-0.2, -0.15) is 0 Å². The molecule has 4 saturated carbocycles. The molecule has 7 aliphatic rings. The van der Waals surface area contributed by atoms with E-state index in [1.165, 1.54) is 36.8 Å². The molecule has 1 N–H and O–H groups in total. The van der Waals surface area contributed by atoms with E-state index in [1.54, 1.807) is 11.1 Å². The molecule has 0 amide bonds. The van der Waals surface area contributed by atoms with Crippen molar-refractivity contribution in [2.24, 2.45) is 28.6 Å². The standard InChI is InChI=1S/C36H51NO4/c1-23-16-26-28-11-13-36(37-22-41-36)33(28,5)18-27(24-8-7-9-25(17-24)32(4)14-15-32)30(26)29-10-12-34(19-35(23,29)38-6)39-20-31(2,3)21-40-34/h7-9,17,23,26-28,37H,10-16,18-22H2,1-6H3/t23?,26?,27-,28?,33+,35+,36?/m1/s1. The van der Waals surface area contributed by atoms with Crippen LogP contribution in [-0.2, 0) is 24.4 Å². The number of rotatable bonds is 3. The van der Waals surface area contributed by atoms with Crippen LogP contribution in [0, 0.1) is 28.6 Å². The zero-order valence-corrected chi connectivity index (χ0v) is 26.2. The third-order valence-electron chi connectivity index (χ3n) is 13.5. The molecule has 2 aliphatic heterocycles. The van der Waals surface area contributed by atoms with Crippen molar-refractivity contribution in [2.45, 2.75) is 121 Å². The van der Waals surface area contributed by atoms with Crippen molar-refractivity contribution in [1.29, 1.82) is 0 Å². The van der Waals surface area contributed by atoms with Crippen LogP contribution in [0.15, 0.2) is 35.4 Å². The van der Waals surface area contributed by atoms with Crippen LogP contribution in [0.5, 0.6) is 0 Å². The van der Waals surface area contributed by atoms with E-state index in [-0.39, 0.29) is 22.2 Å². The van der Waals surface area contributed by atoms with Gasteiger partial charge >= 0.3 is 0 Å². The van der Waals surface area contributed by atoms with E-state index in [9.17, 15) is 0 Å². The van der Waals surface area contributed by atoms with E-state index in [2.05, 4.69) is 64.2 Å².